The number of nitrogens with zero attached hydrogens (tertiary/aromatic N) is 5. The van der Waals surface area contributed by atoms with Crippen molar-refractivity contribution < 1.29 is 4.74 Å². The Morgan fingerprint density at radius 3 is 2.46 bits per heavy atom. The average Bonchev–Trinajstić information content (AvgIpc) is 3.14. The molecule has 1 fully saturated rings. The van der Waals surface area contributed by atoms with Crippen LogP contribution in [0.2, 0.25) is 0 Å². The first-order valence-corrected chi connectivity index (χ1v) is 11.0. The number of piperidine rings is 1. The van der Waals surface area contributed by atoms with E-state index in [4.69, 9.17) is 10.00 Å². The molecule has 0 aliphatic carbocycles. The van der Waals surface area contributed by atoms with E-state index in [-0.39, 0.29) is 11.1 Å². The number of ether oxygens (including phenoxy) is 1. The Balaban J connectivity index is 1.87. The van der Waals surface area contributed by atoms with E-state index in [9.17, 15) is 0 Å². The standard InChI is InChI=1S/C20H26IN5OS/c1-19(2)10-14(11-20(3,4)26(19)21)25(5)18-24-23-17(28-18)15-8-7-13(12-22)9-16(15)27-6/h7-9,14H,10-11H2,1-6H3. The summed E-state index contributed by atoms with van der Waals surface area (Å²) < 4.78 is 7.92. The third-order valence-electron chi connectivity index (χ3n) is 5.36. The Labute approximate surface area is 185 Å². The highest BCUT2D eigenvalue weighted by atomic mass is 127. The minimum Gasteiger partial charge on any atom is -0.496 e. The molecule has 1 aliphatic heterocycles. The van der Waals surface area contributed by atoms with E-state index in [0.717, 1.165) is 28.5 Å². The van der Waals surface area contributed by atoms with E-state index in [1.165, 1.54) is 0 Å². The van der Waals surface area contributed by atoms with Crippen LogP contribution in [0.3, 0.4) is 0 Å². The molecule has 28 heavy (non-hydrogen) atoms. The average molecular weight is 511 g/mol. The molecular weight excluding hydrogens is 485 g/mol. The number of methoxy groups -OCH3 is 1. The zero-order chi connectivity index (χ0) is 20.7. The first-order valence-electron chi connectivity index (χ1n) is 9.20. The molecule has 0 atom stereocenters. The zero-order valence-corrected chi connectivity index (χ0v) is 20.1. The van der Waals surface area contributed by atoms with Crippen LogP contribution in [-0.4, -0.2) is 44.6 Å². The SMILES string of the molecule is COc1cc(C#N)ccc1-c1nnc(N(C)C2CC(C)(C)N(I)C(C)(C)C2)s1. The van der Waals surface area contributed by atoms with Crippen molar-refractivity contribution in [2.45, 2.75) is 57.7 Å². The van der Waals surface area contributed by atoms with Crippen molar-refractivity contribution in [1.29, 1.82) is 5.26 Å². The van der Waals surface area contributed by atoms with Gasteiger partial charge in [-0.2, -0.15) is 5.26 Å². The van der Waals surface area contributed by atoms with Crippen molar-refractivity contribution in [2.75, 3.05) is 19.1 Å². The Hall–Kier alpha value is -1.44. The van der Waals surface area contributed by atoms with E-state index in [1.807, 2.05) is 6.07 Å². The lowest BCUT2D eigenvalue weighted by atomic mass is 9.79. The van der Waals surface area contributed by atoms with Gasteiger partial charge in [0.05, 0.1) is 24.3 Å². The quantitative estimate of drug-likeness (QED) is 0.430. The van der Waals surface area contributed by atoms with Crippen molar-refractivity contribution in [3.63, 3.8) is 0 Å². The Morgan fingerprint density at radius 1 is 1.25 bits per heavy atom. The number of hydrogen-bond donors (Lipinski definition) is 0. The summed E-state index contributed by atoms with van der Waals surface area (Å²) in [7, 11) is 3.72. The van der Waals surface area contributed by atoms with Crippen LogP contribution in [0.25, 0.3) is 10.6 Å². The molecule has 0 amide bonds. The molecule has 0 spiro atoms. The van der Waals surface area contributed by atoms with Crippen molar-refractivity contribution in [2.24, 2.45) is 0 Å². The van der Waals surface area contributed by atoms with E-state index >= 15 is 0 Å². The molecule has 0 saturated carbocycles. The molecule has 150 valence electrons. The fraction of sp³-hybridized carbons (Fsp3) is 0.550. The second-order valence-corrected chi connectivity index (χ2v) is 10.4. The molecule has 2 heterocycles. The molecule has 8 heteroatoms. The zero-order valence-electron chi connectivity index (χ0n) is 17.2. The number of hydrogen-bond acceptors (Lipinski definition) is 7. The van der Waals surface area contributed by atoms with Crippen molar-refractivity contribution >= 4 is 39.3 Å². The van der Waals surface area contributed by atoms with Crippen LogP contribution in [0.15, 0.2) is 18.2 Å². The lowest BCUT2D eigenvalue weighted by molar-refractivity contribution is 0.0724. The minimum atomic E-state index is 0.102. The van der Waals surface area contributed by atoms with Gasteiger partial charge < -0.3 is 9.64 Å². The minimum absolute atomic E-state index is 0.102. The Kier molecular flexibility index (Phi) is 5.90. The monoisotopic (exact) mass is 511 g/mol. The first kappa shape index (κ1) is 21.3. The summed E-state index contributed by atoms with van der Waals surface area (Å²) in [6.07, 6.45) is 2.12. The first-order chi connectivity index (χ1) is 13.1. The lowest BCUT2D eigenvalue weighted by Gasteiger charge is -2.53. The topological polar surface area (TPSA) is 65.3 Å². The third kappa shape index (κ3) is 3.98. The molecule has 2 aromatic rings. The summed E-state index contributed by atoms with van der Waals surface area (Å²) in [5.74, 6) is 0.643. The smallest absolute Gasteiger partial charge is 0.208 e. The molecule has 0 N–H and O–H groups in total. The molecular formula is C20H26IN5OS. The number of halogens is 1. The highest BCUT2D eigenvalue weighted by Crippen LogP contribution is 2.44. The molecule has 6 nitrogen and oxygen atoms in total. The molecule has 0 unspecified atom stereocenters. The maximum atomic E-state index is 9.10. The van der Waals surface area contributed by atoms with Gasteiger partial charge in [0.25, 0.3) is 0 Å². The summed E-state index contributed by atoms with van der Waals surface area (Å²) >= 11 is 4.03. The van der Waals surface area contributed by atoms with Gasteiger partial charge in [0.2, 0.25) is 5.13 Å². The van der Waals surface area contributed by atoms with Crippen LogP contribution in [0.5, 0.6) is 5.75 Å². The van der Waals surface area contributed by atoms with Gasteiger partial charge in [0, 0.05) is 47.0 Å². The number of anilines is 1. The summed E-state index contributed by atoms with van der Waals surface area (Å²) in [5.41, 5.74) is 1.63. The van der Waals surface area contributed by atoms with Crippen molar-refractivity contribution in [3.8, 4) is 22.4 Å². The van der Waals surface area contributed by atoms with Crippen LogP contribution < -0.4 is 9.64 Å². The molecule has 0 radical (unpaired) electrons. The fourth-order valence-corrected chi connectivity index (χ4v) is 5.34. The van der Waals surface area contributed by atoms with Gasteiger partial charge in [0.15, 0.2) is 5.01 Å². The van der Waals surface area contributed by atoms with Crippen LogP contribution >= 0.6 is 34.2 Å². The van der Waals surface area contributed by atoms with Crippen LogP contribution in [-0.2, 0) is 0 Å². The molecule has 0 bridgehead atoms. The van der Waals surface area contributed by atoms with Crippen molar-refractivity contribution in [1.82, 2.24) is 13.3 Å². The van der Waals surface area contributed by atoms with Gasteiger partial charge in [-0.25, -0.2) is 3.11 Å². The van der Waals surface area contributed by atoms with Crippen LogP contribution in [0.1, 0.15) is 46.1 Å². The number of benzene rings is 1. The van der Waals surface area contributed by atoms with Gasteiger partial charge >= 0.3 is 0 Å². The highest BCUT2D eigenvalue weighted by molar-refractivity contribution is 14.1. The predicted octanol–water partition coefficient (Wildman–Crippen LogP) is 4.89. The van der Waals surface area contributed by atoms with Gasteiger partial charge in [-0.05, 0) is 58.7 Å². The molecule has 1 saturated heterocycles. The second kappa shape index (κ2) is 7.76. The third-order valence-corrected chi connectivity index (χ3v) is 9.02. The maximum absolute atomic E-state index is 9.10. The number of rotatable bonds is 4. The molecule has 1 aliphatic rings. The largest absolute Gasteiger partial charge is 0.496 e. The van der Waals surface area contributed by atoms with Gasteiger partial charge in [-0.3, -0.25) is 0 Å². The highest BCUT2D eigenvalue weighted by Gasteiger charge is 2.45. The number of aromatic nitrogens is 2. The summed E-state index contributed by atoms with van der Waals surface area (Å²) in [5, 5.41) is 19.7. The summed E-state index contributed by atoms with van der Waals surface area (Å²) in [6.45, 7) is 9.20. The summed E-state index contributed by atoms with van der Waals surface area (Å²) in [6, 6.07) is 7.93. The predicted molar refractivity (Wildman–Crippen MR) is 122 cm³/mol. The van der Waals surface area contributed by atoms with Crippen molar-refractivity contribution in [3.05, 3.63) is 23.8 Å². The molecule has 3 rings (SSSR count). The Bertz CT molecular complexity index is 886. The van der Waals surface area contributed by atoms with Crippen LogP contribution in [0, 0.1) is 11.3 Å². The van der Waals surface area contributed by atoms with Gasteiger partial charge in [-0.1, -0.05) is 11.3 Å². The number of nitriles is 1. The maximum Gasteiger partial charge on any atom is 0.208 e. The van der Waals surface area contributed by atoms with E-state index < -0.39 is 0 Å². The molecule has 1 aromatic carbocycles. The van der Waals surface area contributed by atoms with E-state index in [1.54, 1.807) is 30.6 Å². The fourth-order valence-electron chi connectivity index (χ4n) is 4.04. The van der Waals surface area contributed by atoms with Crippen LogP contribution in [0.4, 0.5) is 5.13 Å². The second-order valence-electron chi connectivity index (χ2n) is 8.50. The lowest BCUT2D eigenvalue weighted by Crippen LogP contribution is -2.59. The summed E-state index contributed by atoms with van der Waals surface area (Å²) in [4.78, 5) is 2.27. The normalized spacial score (nSPS) is 19.2. The van der Waals surface area contributed by atoms with E-state index in [2.05, 4.69) is 81.9 Å². The van der Waals surface area contributed by atoms with E-state index in [0.29, 0.717) is 17.4 Å². The van der Waals surface area contributed by atoms with Gasteiger partial charge in [0.1, 0.15) is 5.75 Å². The van der Waals surface area contributed by atoms with Gasteiger partial charge in [-0.15, -0.1) is 10.2 Å². The Morgan fingerprint density at radius 2 is 1.89 bits per heavy atom. The molecule has 1 aromatic heterocycles.